The average Bonchev–Trinajstić information content (AvgIpc) is 2.72. The zero-order chi connectivity index (χ0) is 22.0. The molecule has 2 aromatic carbocycles. The van der Waals surface area contributed by atoms with Gasteiger partial charge in [0.05, 0.1) is 16.6 Å². The van der Waals surface area contributed by atoms with Gasteiger partial charge in [0.2, 0.25) is 0 Å². The summed E-state index contributed by atoms with van der Waals surface area (Å²) >= 11 is 0. The lowest BCUT2D eigenvalue weighted by atomic mass is 9.97. The number of likely N-dealkylation sites (tertiary alicyclic amines) is 1. The predicted molar refractivity (Wildman–Crippen MR) is 126 cm³/mol. The third-order valence-electron chi connectivity index (χ3n) is 5.64. The minimum absolute atomic E-state index is 0. The van der Waals surface area contributed by atoms with Crippen molar-refractivity contribution in [2.24, 2.45) is 11.8 Å². The molecular formula is C24H28ClFN4O2. The van der Waals surface area contributed by atoms with E-state index in [4.69, 9.17) is 0 Å². The van der Waals surface area contributed by atoms with Gasteiger partial charge in [0.15, 0.2) is 0 Å². The second-order valence-electron chi connectivity index (χ2n) is 8.66. The summed E-state index contributed by atoms with van der Waals surface area (Å²) in [6.07, 6.45) is 0.388. The van der Waals surface area contributed by atoms with Gasteiger partial charge in [0, 0.05) is 37.4 Å². The van der Waals surface area contributed by atoms with Gasteiger partial charge in [-0.2, -0.15) is 5.10 Å². The molecule has 0 atom stereocenters. The third kappa shape index (κ3) is 5.16. The van der Waals surface area contributed by atoms with Gasteiger partial charge >= 0.3 is 0 Å². The molecule has 32 heavy (non-hydrogen) atoms. The van der Waals surface area contributed by atoms with Crippen LogP contribution in [0.15, 0.2) is 47.3 Å². The molecule has 1 amide bonds. The molecule has 0 unspecified atom stereocenters. The number of nitrogens with one attached hydrogen (secondary N) is 2. The predicted octanol–water partition coefficient (Wildman–Crippen LogP) is 3.39. The Balaban J connectivity index is 0.00000289. The van der Waals surface area contributed by atoms with Crippen molar-refractivity contribution in [1.29, 1.82) is 0 Å². The topological polar surface area (TPSA) is 78.1 Å². The molecule has 3 aromatic rings. The van der Waals surface area contributed by atoms with Gasteiger partial charge < -0.3 is 10.2 Å². The number of carbonyl (C=O) groups is 1. The van der Waals surface area contributed by atoms with E-state index in [9.17, 15) is 14.0 Å². The molecule has 2 N–H and O–H groups in total. The summed E-state index contributed by atoms with van der Waals surface area (Å²) in [4.78, 5) is 26.5. The number of rotatable bonds is 7. The first-order valence-electron chi connectivity index (χ1n) is 10.7. The summed E-state index contributed by atoms with van der Waals surface area (Å²) in [7, 11) is 0. The Bertz CT molecular complexity index is 1160. The van der Waals surface area contributed by atoms with Gasteiger partial charge in [0.1, 0.15) is 5.82 Å². The Labute approximate surface area is 192 Å². The molecular weight excluding hydrogens is 431 g/mol. The average molecular weight is 459 g/mol. The molecule has 170 valence electrons. The fraction of sp³-hybridized carbons (Fsp3) is 0.375. The summed E-state index contributed by atoms with van der Waals surface area (Å²) in [5.74, 6) is 0.197. The fourth-order valence-corrected chi connectivity index (χ4v) is 3.96. The molecule has 0 spiro atoms. The molecule has 1 saturated heterocycles. The smallest absolute Gasteiger partial charge is 0.272 e. The number of hydrogen-bond acceptors (Lipinski definition) is 4. The SMILES string of the molecule is CC(C)CNCC1CN(C(=O)c2cc(Cc3n[nH]c(=O)c4ccccc34)ccc2F)C1.Cl. The van der Waals surface area contributed by atoms with Crippen molar-refractivity contribution in [2.45, 2.75) is 20.3 Å². The zero-order valence-electron chi connectivity index (χ0n) is 18.2. The van der Waals surface area contributed by atoms with Crippen LogP contribution in [0.3, 0.4) is 0 Å². The van der Waals surface area contributed by atoms with Crippen molar-refractivity contribution in [1.82, 2.24) is 20.4 Å². The number of halogens is 2. The van der Waals surface area contributed by atoms with Crippen LogP contribution in [-0.2, 0) is 6.42 Å². The lowest BCUT2D eigenvalue weighted by molar-refractivity contribution is 0.0495. The summed E-state index contributed by atoms with van der Waals surface area (Å²) in [6, 6.07) is 11.8. The second kappa shape index (κ2) is 10.2. The molecule has 4 rings (SSSR count). The Morgan fingerprint density at radius 3 is 2.66 bits per heavy atom. The first-order chi connectivity index (χ1) is 14.9. The van der Waals surface area contributed by atoms with Crippen LogP contribution in [0.25, 0.3) is 10.8 Å². The molecule has 6 nitrogen and oxygen atoms in total. The quantitative estimate of drug-likeness (QED) is 0.569. The van der Waals surface area contributed by atoms with Crippen LogP contribution in [0.2, 0.25) is 0 Å². The second-order valence-corrected chi connectivity index (χ2v) is 8.66. The van der Waals surface area contributed by atoms with Crippen molar-refractivity contribution in [3.8, 4) is 0 Å². The van der Waals surface area contributed by atoms with E-state index in [0.717, 1.165) is 24.0 Å². The summed E-state index contributed by atoms with van der Waals surface area (Å²) in [5, 5.41) is 11.4. The van der Waals surface area contributed by atoms with Crippen molar-refractivity contribution >= 4 is 29.1 Å². The number of hydrogen-bond donors (Lipinski definition) is 2. The number of aromatic amines is 1. The highest BCUT2D eigenvalue weighted by Crippen LogP contribution is 2.22. The first kappa shape index (κ1) is 23.9. The van der Waals surface area contributed by atoms with E-state index in [1.807, 2.05) is 12.1 Å². The van der Waals surface area contributed by atoms with E-state index < -0.39 is 5.82 Å². The standard InChI is InChI=1S/C24H27FN4O2.ClH/c1-15(2)11-26-12-17-13-29(14-17)24(31)20-9-16(7-8-21(20)25)10-22-18-5-3-4-6-19(18)23(30)28-27-22;/h3-9,15,17,26H,10-14H2,1-2H3,(H,28,30);1H. The molecule has 0 radical (unpaired) electrons. The number of H-pyrrole nitrogens is 1. The number of amides is 1. The van der Waals surface area contributed by atoms with E-state index in [1.54, 1.807) is 29.2 Å². The monoisotopic (exact) mass is 458 g/mol. The summed E-state index contributed by atoms with van der Waals surface area (Å²) < 4.78 is 14.5. The van der Waals surface area contributed by atoms with E-state index in [2.05, 4.69) is 29.4 Å². The van der Waals surface area contributed by atoms with E-state index in [1.165, 1.54) is 6.07 Å². The van der Waals surface area contributed by atoms with Gasteiger partial charge in [-0.15, -0.1) is 12.4 Å². The van der Waals surface area contributed by atoms with Crippen molar-refractivity contribution in [3.63, 3.8) is 0 Å². The van der Waals surface area contributed by atoms with Gasteiger partial charge in [-0.25, -0.2) is 9.49 Å². The fourth-order valence-electron chi connectivity index (χ4n) is 3.96. The third-order valence-corrected chi connectivity index (χ3v) is 5.64. The normalized spacial score (nSPS) is 13.8. The summed E-state index contributed by atoms with van der Waals surface area (Å²) in [5.41, 5.74) is 1.29. The Kier molecular flexibility index (Phi) is 7.64. The Morgan fingerprint density at radius 2 is 1.94 bits per heavy atom. The zero-order valence-corrected chi connectivity index (χ0v) is 19.0. The van der Waals surface area contributed by atoms with Crippen LogP contribution >= 0.6 is 12.4 Å². The number of fused-ring (bicyclic) bond motifs is 1. The maximum absolute atomic E-state index is 14.5. The van der Waals surface area contributed by atoms with Crippen molar-refractivity contribution in [2.75, 3.05) is 26.2 Å². The van der Waals surface area contributed by atoms with Crippen LogP contribution < -0.4 is 10.9 Å². The highest BCUT2D eigenvalue weighted by Gasteiger charge is 2.32. The Morgan fingerprint density at radius 1 is 1.22 bits per heavy atom. The van der Waals surface area contributed by atoms with E-state index >= 15 is 0 Å². The van der Waals surface area contributed by atoms with Crippen LogP contribution in [0, 0.1) is 17.7 Å². The first-order valence-corrected chi connectivity index (χ1v) is 10.7. The number of aromatic nitrogens is 2. The molecule has 1 aromatic heterocycles. The highest BCUT2D eigenvalue weighted by molar-refractivity contribution is 5.95. The highest BCUT2D eigenvalue weighted by atomic mass is 35.5. The maximum Gasteiger partial charge on any atom is 0.272 e. The van der Waals surface area contributed by atoms with Gasteiger partial charge in [-0.3, -0.25) is 9.59 Å². The van der Waals surface area contributed by atoms with Crippen LogP contribution in [0.4, 0.5) is 4.39 Å². The van der Waals surface area contributed by atoms with Crippen LogP contribution in [0.5, 0.6) is 0 Å². The molecule has 2 heterocycles. The number of carbonyl (C=O) groups excluding carboxylic acids is 1. The summed E-state index contributed by atoms with van der Waals surface area (Å²) in [6.45, 7) is 7.42. The van der Waals surface area contributed by atoms with E-state index in [0.29, 0.717) is 42.4 Å². The molecule has 1 fully saturated rings. The molecule has 0 saturated carbocycles. The lowest BCUT2D eigenvalue weighted by Crippen LogP contribution is -2.53. The van der Waals surface area contributed by atoms with Gasteiger partial charge in [-0.05, 0) is 36.2 Å². The van der Waals surface area contributed by atoms with Gasteiger partial charge in [0.25, 0.3) is 11.5 Å². The Hall–Kier alpha value is -2.77. The molecule has 1 aliphatic rings. The molecule has 0 bridgehead atoms. The molecule has 8 heteroatoms. The van der Waals surface area contributed by atoms with Crippen LogP contribution in [-0.4, -0.2) is 47.2 Å². The number of nitrogens with zero attached hydrogens (tertiary/aromatic N) is 2. The minimum Gasteiger partial charge on any atom is -0.338 e. The molecule has 1 aliphatic heterocycles. The maximum atomic E-state index is 14.5. The lowest BCUT2D eigenvalue weighted by Gasteiger charge is -2.39. The van der Waals surface area contributed by atoms with E-state index in [-0.39, 0.29) is 29.4 Å². The molecule has 0 aliphatic carbocycles. The van der Waals surface area contributed by atoms with Crippen LogP contribution in [0.1, 0.15) is 35.5 Å². The largest absolute Gasteiger partial charge is 0.338 e. The van der Waals surface area contributed by atoms with Crippen molar-refractivity contribution < 1.29 is 9.18 Å². The number of benzene rings is 2. The van der Waals surface area contributed by atoms with Crippen molar-refractivity contribution in [3.05, 3.63) is 75.5 Å². The van der Waals surface area contributed by atoms with Gasteiger partial charge in [-0.1, -0.05) is 38.1 Å². The minimum atomic E-state index is -0.519.